The van der Waals surface area contributed by atoms with Crippen molar-refractivity contribution in [2.24, 2.45) is 4.99 Å². The van der Waals surface area contributed by atoms with E-state index in [2.05, 4.69) is 15.6 Å². The number of furan rings is 1. The highest BCUT2D eigenvalue weighted by Crippen LogP contribution is 2.40. The number of aliphatic imine (C=N–C) groups is 1. The molecule has 4 heterocycles. The van der Waals surface area contributed by atoms with Crippen molar-refractivity contribution in [2.45, 2.75) is 46.1 Å². The molecular weight excluding hydrogens is 483 g/mol. The van der Waals surface area contributed by atoms with Crippen molar-refractivity contribution in [3.05, 3.63) is 100 Å². The van der Waals surface area contributed by atoms with Gasteiger partial charge in [0.1, 0.15) is 34.7 Å². The maximum Gasteiger partial charge on any atom is 0.235 e. The Balaban J connectivity index is 1.58. The van der Waals surface area contributed by atoms with Gasteiger partial charge < -0.3 is 15.1 Å². The Morgan fingerprint density at radius 3 is 2.66 bits per heavy atom. The molecule has 4 aromatic rings. The van der Waals surface area contributed by atoms with Crippen LogP contribution in [-0.2, 0) is 23.2 Å². The zero-order chi connectivity index (χ0) is 26.9. The van der Waals surface area contributed by atoms with Crippen LogP contribution in [0.4, 0.5) is 16.0 Å². The Kier molecular flexibility index (Phi) is 6.75. The summed E-state index contributed by atoms with van der Waals surface area (Å²) in [6.45, 7) is 8.15. The molecule has 3 aromatic heterocycles. The highest BCUT2D eigenvalue weighted by Gasteiger charge is 2.43. The van der Waals surface area contributed by atoms with Gasteiger partial charge in [-0.05, 0) is 70.0 Å². The Labute approximate surface area is 220 Å². The van der Waals surface area contributed by atoms with Crippen LogP contribution in [0.3, 0.4) is 0 Å². The molecule has 2 N–H and O–H groups in total. The molecule has 9 heteroatoms. The van der Waals surface area contributed by atoms with Gasteiger partial charge in [-0.15, -0.1) is 0 Å². The number of nitrogens with one attached hydrogen (secondary N) is 2. The first-order chi connectivity index (χ1) is 18.2. The number of hydrogen-bond acceptors (Lipinski definition) is 7. The third-order valence-electron chi connectivity index (χ3n) is 6.64. The summed E-state index contributed by atoms with van der Waals surface area (Å²) >= 11 is 0. The standard InChI is InChI=1S/C29H29FN6O2/c1-17-11-12-20(38-17)16-33-25-23-26(36-28(37)29(23,3)4)35-27(34-25)24(21-9-7-14-31-18(21)2)32-15-13-19-8-5-6-10-22(19)30/h5-12,14H,13,15-16H2,1-4H3,(H2,33,34,35,36,37). The molecule has 1 aliphatic rings. The molecule has 5 rings (SSSR count). The average Bonchev–Trinajstić information content (AvgIpc) is 3.41. The van der Waals surface area contributed by atoms with Crippen molar-refractivity contribution in [1.82, 2.24) is 15.0 Å². The second-order valence-corrected chi connectivity index (χ2v) is 9.77. The summed E-state index contributed by atoms with van der Waals surface area (Å²) in [6, 6.07) is 14.2. The molecule has 0 saturated carbocycles. The molecule has 1 amide bonds. The van der Waals surface area contributed by atoms with Gasteiger partial charge in [0, 0.05) is 24.0 Å². The Hall–Kier alpha value is -4.40. The van der Waals surface area contributed by atoms with Crippen LogP contribution < -0.4 is 10.6 Å². The number of anilines is 2. The molecule has 1 aliphatic heterocycles. The number of pyridine rings is 1. The predicted molar refractivity (Wildman–Crippen MR) is 144 cm³/mol. The van der Waals surface area contributed by atoms with Gasteiger partial charge in [-0.3, -0.25) is 14.8 Å². The largest absolute Gasteiger partial charge is 0.465 e. The number of carbonyl (C=O) groups is 1. The number of amides is 1. The van der Waals surface area contributed by atoms with Crippen molar-refractivity contribution >= 4 is 23.3 Å². The highest BCUT2D eigenvalue weighted by atomic mass is 19.1. The Bertz CT molecular complexity index is 1540. The summed E-state index contributed by atoms with van der Waals surface area (Å²) in [5.41, 5.74) is 2.47. The molecule has 0 radical (unpaired) electrons. The normalized spacial score (nSPS) is 14.3. The van der Waals surface area contributed by atoms with Gasteiger partial charge in [0.2, 0.25) is 5.91 Å². The second-order valence-electron chi connectivity index (χ2n) is 9.77. The lowest BCUT2D eigenvalue weighted by atomic mass is 9.87. The molecule has 8 nitrogen and oxygen atoms in total. The monoisotopic (exact) mass is 512 g/mol. The van der Waals surface area contributed by atoms with Gasteiger partial charge in [-0.25, -0.2) is 14.4 Å². The van der Waals surface area contributed by atoms with E-state index in [9.17, 15) is 9.18 Å². The summed E-state index contributed by atoms with van der Waals surface area (Å²) in [5.74, 6) is 2.42. The van der Waals surface area contributed by atoms with E-state index in [0.29, 0.717) is 53.8 Å². The minimum Gasteiger partial charge on any atom is -0.465 e. The second kappa shape index (κ2) is 10.2. The quantitative estimate of drug-likeness (QED) is 0.317. The first-order valence-corrected chi connectivity index (χ1v) is 12.5. The summed E-state index contributed by atoms with van der Waals surface area (Å²) in [5, 5.41) is 6.25. The lowest BCUT2D eigenvalue weighted by Crippen LogP contribution is -2.28. The SMILES string of the molecule is Cc1ccc(CNc2nc(C(=NCCc3ccccc3F)c3cccnc3C)nc3c2C(C)(C)C(=O)N3)o1. The fraction of sp³-hybridized carbons (Fsp3) is 0.276. The number of benzene rings is 1. The summed E-state index contributed by atoms with van der Waals surface area (Å²) < 4.78 is 19.9. The van der Waals surface area contributed by atoms with Crippen LogP contribution >= 0.6 is 0 Å². The molecule has 38 heavy (non-hydrogen) atoms. The van der Waals surface area contributed by atoms with Crippen LogP contribution in [-0.4, -0.2) is 33.1 Å². The fourth-order valence-corrected chi connectivity index (χ4v) is 4.51. The van der Waals surface area contributed by atoms with E-state index in [1.165, 1.54) is 6.07 Å². The van der Waals surface area contributed by atoms with Gasteiger partial charge in [0.05, 0.1) is 17.5 Å². The van der Waals surface area contributed by atoms with E-state index in [4.69, 9.17) is 19.4 Å². The molecule has 194 valence electrons. The maximum absolute atomic E-state index is 14.2. The molecule has 0 aliphatic carbocycles. The summed E-state index contributed by atoms with van der Waals surface area (Å²) in [4.78, 5) is 31.7. The van der Waals surface area contributed by atoms with Crippen LogP contribution in [0.5, 0.6) is 0 Å². The Morgan fingerprint density at radius 2 is 1.92 bits per heavy atom. The van der Waals surface area contributed by atoms with Crippen molar-refractivity contribution in [3.8, 4) is 0 Å². The minimum atomic E-state index is -0.832. The number of halogens is 1. The van der Waals surface area contributed by atoms with Crippen molar-refractivity contribution in [2.75, 3.05) is 17.2 Å². The number of rotatable bonds is 8. The van der Waals surface area contributed by atoms with Crippen LogP contribution in [0, 0.1) is 19.7 Å². The number of hydrogen-bond donors (Lipinski definition) is 2. The van der Waals surface area contributed by atoms with Gasteiger partial charge in [0.15, 0.2) is 5.82 Å². The first kappa shape index (κ1) is 25.3. The summed E-state index contributed by atoms with van der Waals surface area (Å²) in [6.07, 6.45) is 2.12. The third kappa shape index (κ3) is 4.91. The number of aryl methyl sites for hydroxylation is 2. The molecular formula is C29H29FN6O2. The number of carbonyl (C=O) groups excluding carboxylic acids is 1. The number of fused-ring (bicyclic) bond motifs is 1. The molecule has 0 saturated heterocycles. The van der Waals surface area contributed by atoms with Crippen LogP contribution in [0.2, 0.25) is 0 Å². The first-order valence-electron chi connectivity index (χ1n) is 12.5. The lowest BCUT2D eigenvalue weighted by Gasteiger charge is -2.19. The molecule has 0 atom stereocenters. The number of nitrogens with zero attached hydrogens (tertiary/aromatic N) is 4. The lowest BCUT2D eigenvalue weighted by molar-refractivity contribution is -0.119. The van der Waals surface area contributed by atoms with Gasteiger partial charge in [-0.1, -0.05) is 18.2 Å². The fourth-order valence-electron chi connectivity index (χ4n) is 4.51. The van der Waals surface area contributed by atoms with E-state index in [-0.39, 0.29) is 11.7 Å². The van der Waals surface area contributed by atoms with Crippen LogP contribution in [0.15, 0.2) is 64.1 Å². The van der Waals surface area contributed by atoms with Crippen LogP contribution in [0.1, 0.15) is 53.6 Å². The maximum atomic E-state index is 14.2. The van der Waals surface area contributed by atoms with Gasteiger partial charge >= 0.3 is 0 Å². The van der Waals surface area contributed by atoms with E-state index >= 15 is 0 Å². The molecule has 0 fully saturated rings. The van der Waals surface area contributed by atoms with E-state index in [1.807, 2.05) is 52.0 Å². The van der Waals surface area contributed by atoms with Crippen LogP contribution in [0.25, 0.3) is 0 Å². The highest BCUT2D eigenvalue weighted by molar-refractivity contribution is 6.13. The van der Waals surface area contributed by atoms with Crippen molar-refractivity contribution < 1.29 is 13.6 Å². The predicted octanol–water partition coefficient (Wildman–Crippen LogP) is 5.14. The zero-order valence-electron chi connectivity index (χ0n) is 21.8. The minimum absolute atomic E-state index is 0.161. The average molecular weight is 513 g/mol. The van der Waals surface area contributed by atoms with Gasteiger partial charge in [-0.2, -0.15) is 0 Å². The molecule has 0 bridgehead atoms. The van der Waals surface area contributed by atoms with Crippen molar-refractivity contribution in [1.29, 1.82) is 0 Å². The summed E-state index contributed by atoms with van der Waals surface area (Å²) in [7, 11) is 0. The molecule has 0 unspecified atom stereocenters. The van der Waals surface area contributed by atoms with E-state index in [0.717, 1.165) is 22.8 Å². The van der Waals surface area contributed by atoms with E-state index < -0.39 is 5.41 Å². The zero-order valence-corrected chi connectivity index (χ0v) is 21.8. The van der Waals surface area contributed by atoms with Crippen molar-refractivity contribution in [3.63, 3.8) is 0 Å². The smallest absolute Gasteiger partial charge is 0.235 e. The Morgan fingerprint density at radius 1 is 1.11 bits per heavy atom. The third-order valence-corrected chi connectivity index (χ3v) is 6.64. The van der Waals surface area contributed by atoms with E-state index in [1.54, 1.807) is 24.4 Å². The van der Waals surface area contributed by atoms with Gasteiger partial charge in [0.25, 0.3) is 0 Å². The topological polar surface area (TPSA) is 105 Å². The molecule has 1 aromatic carbocycles. The number of aromatic nitrogens is 3. The molecule has 0 spiro atoms.